The first-order chi connectivity index (χ1) is 10.00. The highest BCUT2D eigenvalue weighted by atomic mass is 35.5. The topological polar surface area (TPSA) is 29.9 Å². The molecule has 0 radical (unpaired) electrons. The minimum Gasteiger partial charge on any atom is -0.314 e. The van der Waals surface area contributed by atoms with Crippen molar-refractivity contribution in [3.05, 3.63) is 16.9 Å². The molecular formula is C17H28ClN3. The van der Waals surface area contributed by atoms with E-state index in [-0.39, 0.29) is 0 Å². The van der Waals surface area contributed by atoms with E-state index in [0.717, 1.165) is 24.2 Å². The third-order valence-electron chi connectivity index (χ3n) is 5.26. The van der Waals surface area contributed by atoms with Crippen molar-refractivity contribution in [2.75, 3.05) is 6.54 Å². The molecule has 2 saturated carbocycles. The lowest BCUT2D eigenvalue weighted by atomic mass is 9.66. The van der Waals surface area contributed by atoms with E-state index in [1.807, 2.05) is 6.20 Å². The number of nitrogens with one attached hydrogen (secondary N) is 1. The molecule has 2 fully saturated rings. The summed E-state index contributed by atoms with van der Waals surface area (Å²) in [6.45, 7) is 8.98. The molecule has 21 heavy (non-hydrogen) atoms. The molecule has 0 bridgehead atoms. The molecule has 4 heteroatoms. The first kappa shape index (κ1) is 15.4. The minimum atomic E-state index is 0.410. The molecule has 118 valence electrons. The molecule has 0 saturated heterocycles. The summed E-state index contributed by atoms with van der Waals surface area (Å²) in [4.78, 5) is 0. The Kier molecular flexibility index (Phi) is 4.33. The summed E-state index contributed by atoms with van der Waals surface area (Å²) in [5.41, 5.74) is 1.68. The Morgan fingerprint density at radius 3 is 2.81 bits per heavy atom. The summed E-state index contributed by atoms with van der Waals surface area (Å²) in [5, 5.41) is 9.05. The van der Waals surface area contributed by atoms with Crippen molar-refractivity contribution < 1.29 is 0 Å². The van der Waals surface area contributed by atoms with Gasteiger partial charge in [0.25, 0.3) is 0 Å². The van der Waals surface area contributed by atoms with E-state index in [0.29, 0.717) is 17.3 Å². The number of aromatic nitrogens is 2. The molecular weight excluding hydrogens is 282 g/mol. The van der Waals surface area contributed by atoms with Crippen LogP contribution in [0.2, 0.25) is 5.02 Å². The monoisotopic (exact) mass is 309 g/mol. The van der Waals surface area contributed by atoms with E-state index in [2.05, 4.69) is 35.9 Å². The van der Waals surface area contributed by atoms with Crippen LogP contribution in [0.25, 0.3) is 0 Å². The fourth-order valence-corrected chi connectivity index (χ4v) is 4.09. The highest BCUT2D eigenvalue weighted by Crippen LogP contribution is 2.48. The molecule has 1 aromatic heterocycles. The second-order valence-corrected chi connectivity index (χ2v) is 8.06. The third-order valence-corrected chi connectivity index (χ3v) is 5.55. The van der Waals surface area contributed by atoms with Crippen LogP contribution in [-0.2, 0) is 6.54 Å². The zero-order chi connectivity index (χ0) is 15.0. The predicted octanol–water partition coefficient (Wildman–Crippen LogP) is 4.22. The van der Waals surface area contributed by atoms with E-state index in [4.69, 9.17) is 11.6 Å². The number of halogens is 1. The second-order valence-electron chi connectivity index (χ2n) is 7.65. The van der Waals surface area contributed by atoms with Crippen molar-refractivity contribution in [3.63, 3.8) is 0 Å². The van der Waals surface area contributed by atoms with Gasteiger partial charge in [-0.25, -0.2) is 0 Å². The van der Waals surface area contributed by atoms with Gasteiger partial charge in [0, 0.05) is 18.5 Å². The lowest BCUT2D eigenvalue weighted by Gasteiger charge is -2.41. The smallest absolute Gasteiger partial charge is 0.0820 e. The van der Waals surface area contributed by atoms with Crippen molar-refractivity contribution in [2.24, 2.45) is 11.3 Å². The zero-order valence-electron chi connectivity index (χ0n) is 13.5. The summed E-state index contributed by atoms with van der Waals surface area (Å²) in [6.07, 6.45) is 8.37. The largest absolute Gasteiger partial charge is 0.314 e. The maximum atomic E-state index is 6.49. The highest BCUT2D eigenvalue weighted by molar-refractivity contribution is 6.31. The SMILES string of the molecule is CCn1ncc(Cl)c1C1CC(C)(C)CCC1CNC1CC1. The van der Waals surface area contributed by atoms with Crippen LogP contribution in [0.1, 0.15) is 64.5 Å². The summed E-state index contributed by atoms with van der Waals surface area (Å²) < 4.78 is 2.11. The number of hydrogen-bond acceptors (Lipinski definition) is 2. The van der Waals surface area contributed by atoms with Crippen molar-refractivity contribution >= 4 is 11.6 Å². The van der Waals surface area contributed by atoms with Crippen molar-refractivity contribution in [2.45, 2.75) is 71.4 Å². The normalized spacial score (nSPS) is 28.8. The van der Waals surface area contributed by atoms with Gasteiger partial charge in [0.2, 0.25) is 0 Å². The molecule has 2 atom stereocenters. The molecule has 2 aliphatic rings. The van der Waals surface area contributed by atoms with Crippen LogP contribution < -0.4 is 5.32 Å². The van der Waals surface area contributed by atoms with E-state index in [9.17, 15) is 0 Å². The molecule has 1 N–H and O–H groups in total. The fourth-order valence-electron chi connectivity index (χ4n) is 3.80. The molecule has 0 aliphatic heterocycles. The molecule has 0 aromatic carbocycles. The van der Waals surface area contributed by atoms with Crippen LogP contribution in [0, 0.1) is 11.3 Å². The van der Waals surface area contributed by atoms with Crippen molar-refractivity contribution in [3.8, 4) is 0 Å². The van der Waals surface area contributed by atoms with Gasteiger partial charge in [-0.15, -0.1) is 0 Å². The van der Waals surface area contributed by atoms with Gasteiger partial charge in [0.1, 0.15) is 0 Å². The van der Waals surface area contributed by atoms with E-state index >= 15 is 0 Å². The number of aryl methyl sites for hydroxylation is 1. The van der Waals surface area contributed by atoms with Gasteiger partial charge in [-0.3, -0.25) is 4.68 Å². The standard InChI is InChI=1S/C17H28ClN3/c1-4-21-16(15(18)11-20-21)14-9-17(2,3)8-7-12(14)10-19-13-5-6-13/h11-14,19H,4-10H2,1-3H3. The summed E-state index contributed by atoms with van der Waals surface area (Å²) in [6, 6.07) is 0.784. The third kappa shape index (κ3) is 3.45. The average molecular weight is 310 g/mol. The quantitative estimate of drug-likeness (QED) is 0.882. The van der Waals surface area contributed by atoms with Crippen molar-refractivity contribution in [1.29, 1.82) is 0 Å². The van der Waals surface area contributed by atoms with E-state index in [1.165, 1.54) is 37.8 Å². The molecule has 2 unspecified atom stereocenters. The van der Waals surface area contributed by atoms with Gasteiger partial charge < -0.3 is 5.32 Å². The lowest BCUT2D eigenvalue weighted by molar-refractivity contribution is 0.154. The number of hydrogen-bond donors (Lipinski definition) is 1. The number of rotatable bonds is 5. The average Bonchev–Trinajstić information content (AvgIpc) is 3.18. The molecule has 1 heterocycles. The van der Waals surface area contributed by atoms with E-state index < -0.39 is 0 Å². The molecule has 3 rings (SSSR count). The minimum absolute atomic E-state index is 0.410. The van der Waals surface area contributed by atoms with Gasteiger partial charge in [0.05, 0.1) is 16.9 Å². The number of nitrogens with zero attached hydrogens (tertiary/aromatic N) is 2. The Bertz CT molecular complexity index is 488. The maximum absolute atomic E-state index is 6.49. The van der Waals surface area contributed by atoms with Gasteiger partial charge in [-0.2, -0.15) is 5.10 Å². The van der Waals surface area contributed by atoms with Crippen LogP contribution >= 0.6 is 11.6 Å². The summed E-state index contributed by atoms with van der Waals surface area (Å²) >= 11 is 6.49. The highest BCUT2D eigenvalue weighted by Gasteiger charge is 2.38. The van der Waals surface area contributed by atoms with Crippen LogP contribution in [-0.4, -0.2) is 22.4 Å². The Hall–Kier alpha value is -0.540. The van der Waals surface area contributed by atoms with Gasteiger partial charge in [0.15, 0.2) is 0 Å². The summed E-state index contributed by atoms with van der Waals surface area (Å²) in [7, 11) is 0. The van der Waals surface area contributed by atoms with Crippen LogP contribution in [0.4, 0.5) is 0 Å². The molecule has 1 aromatic rings. The molecule has 0 amide bonds. The second kappa shape index (κ2) is 5.92. The van der Waals surface area contributed by atoms with Gasteiger partial charge >= 0.3 is 0 Å². The van der Waals surface area contributed by atoms with Crippen LogP contribution in [0.15, 0.2) is 6.20 Å². The lowest BCUT2D eigenvalue weighted by Crippen LogP contribution is -2.36. The Balaban J connectivity index is 1.82. The summed E-state index contributed by atoms with van der Waals surface area (Å²) in [5.74, 6) is 1.23. The Morgan fingerprint density at radius 1 is 1.38 bits per heavy atom. The fraction of sp³-hybridized carbons (Fsp3) is 0.824. The first-order valence-electron chi connectivity index (χ1n) is 8.45. The Labute approximate surface area is 133 Å². The molecule has 2 aliphatic carbocycles. The maximum Gasteiger partial charge on any atom is 0.0820 e. The first-order valence-corrected chi connectivity index (χ1v) is 8.82. The predicted molar refractivity (Wildman–Crippen MR) is 87.8 cm³/mol. The Morgan fingerprint density at radius 2 is 2.14 bits per heavy atom. The van der Waals surface area contributed by atoms with E-state index in [1.54, 1.807) is 0 Å². The molecule has 0 spiro atoms. The molecule has 3 nitrogen and oxygen atoms in total. The van der Waals surface area contributed by atoms with Gasteiger partial charge in [-0.05, 0) is 56.9 Å². The van der Waals surface area contributed by atoms with Crippen molar-refractivity contribution in [1.82, 2.24) is 15.1 Å². The van der Waals surface area contributed by atoms with Crippen LogP contribution in [0.5, 0.6) is 0 Å². The van der Waals surface area contributed by atoms with Gasteiger partial charge in [-0.1, -0.05) is 25.4 Å². The zero-order valence-corrected chi connectivity index (χ0v) is 14.3. The van der Waals surface area contributed by atoms with Crippen LogP contribution in [0.3, 0.4) is 0 Å².